The fourth-order valence-electron chi connectivity index (χ4n) is 2.36. The zero-order valence-corrected chi connectivity index (χ0v) is 14.1. The number of nitrogens with one attached hydrogen (secondary N) is 1. The zero-order valence-electron chi connectivity index (χ0n) is 12.5. The lowest BCUT2D eigenvalue weighted by molar-refractivity contribution is 0.0381. The summed E-state index contributed by atoms with van der Waals surface area (Å²) in [6, 6.07) is 2.63. The Morgan fingerprint density at radius 3 is 3.05 bits per heavy atom. The van der Waals surface area contributed by atoms with Crippen molar-refractivity contribution in [2.75, 3.05) is 24.6 Å². The predicted octanol–water partition coefficient (Wildman–Crippen LogP) is 2.96. The third-order valence-electron chi connectivity index (χ3n) is 3.50. The lowest BCUT2D eigenvalue weighted by atomic mass is 10.2. The van der Waals surface area contributed by atoms with E-state index in [0.717, 1.165) is 43.0 Å². The molecular formula is C15H24BrN3O. The van der Waals surface area contributed by atoms with E-state index >= 15 is 0 Å². The number of rotatable bonds is 5. The minimum atomic E-state index is 0.320. The lowest BCUT2D eigenvalue weighted by Gasteiger charge is -2.34. The number of ether oxygens (including phenoxy) is 1. The molecule has 1 aliphatic heterocycles. The van der Waals surface area contributed by atoms with E-state index in [-0.39, 0.29) is 0 Å². The molecule has 1 unspecified atom stereocenters. The second-order valence-electron chi connectivity index (χ2n) is 5.52. The van der Waals surface area contributed by atoms with Crippen LogP contribution in [0, 0.1) is 0 Å². The van der Waals surface area contributed by atoms with Gasteiger partial charge in [-0.05, 0) is 28.4 Å². The number of halogens is 1. The average molecular weight is 342 g/mol. The van der Waals surface area contributed by atoms with Crippen LogP contribution < -0.4 is 10.2 Å². The van der Waals surface area contributed by atoms with Crippen LogP contribution in [-0.4, -0.2) is 36.8 Å². The summed E-state index contributed by atoms with van der Waals surface area (Å²) in [6.45, 7) is 9.96. The molecule has 1 aromatic heterocycles. The third-order valence-corrected chi connectivity index (χ3v) is 3.94. The first-order valence-electron chi connectivity index (χ1n) is 7.34. The summed E-state index contributed by atoms with van der Waals surface area (Å²) in [6.07, 6.45) is 3.25. The molecule has 1 saturated heterocycles. The van der Waals surface area contributed by atoms with Gasteiger partial charge in [-0.2, -0.15) is 0 Å². The fraction of sp³-hybridized carbons (Fsp3) is 0.667. The zero-order chi connectivity index (χ0) is 14.5. The molecule has 0 aromatic carbocycles. The van der Waals surface area contributed by atoms with Gasteiger partial charge in [0, 0.05) is 41.9 Å². The number of morpholine rings is 1. The van der Waals surface area contributed by atoms with Crippen molar-refractivity contribution in [1.29, 1.82) is 0 Å². The van der Waals surface area contributed by atoms with Crippen molar-refractivity contribution in [3.63, 3.8) is 0 Å². The Morgan fingerprint density at radius 1 is 1.55 bits per heavy atom. The molecule has 2 rings (SSSR count). The summed E-state index contributed by atoms with van der Waals surface area (Å²) < 4.78 is 6.78. The minimum Gasteiger partial charge on any atom is -0.375 e. The summed E-state index contributed by atoms with van der Waals surface area (Å²) in [5.74, 6) is 1.09. The second-order valence-corrected chi connectivity index (χ2v) is 6.43. The second kappa shape index (κ2) is 7.38. The van der Waals surface area contributed by atoms with Gasteiger partial charge in [0.15, 0.2) is 0 Å². The van der Waals surface area contributed by atoms with Crippen LogP contribution in [0.4, 0.5) is 5.82 Å². The molecule has 112 valence electrons. The summed E-state index contributed by atoms with van der Waals surface area (Å²) in [7, 11) is 0. The number of nitrogens with zero attached hydrogens (tertiary/aromatic N) is 2. The van der Waals surface area contributed by atoms with Crippen LogP contribution in [0.5, 0.6) is 0 Å². The number of pyridine rings is 1. The van der Waals surface area contributed by atoms with Crippen molar-refractivity contribution < 1.29 is 4.74 Å². The van der Waals surface area contributed by atoms with Crippen LogP contribution in [0.2, 0.25) is 0 Å². The van der Waals surface area contributed by atoms with Gasteiger partial charge in [-0.1, -0.05) is 20.8 Å². The molecule has 0 saturated carbocycles. The Bertz CT molecular complexity index is 439. The van der Waals surface area contributed by atoms with E-state index < -0.39 is 0 Å². The predicted molar refractivity (Wildman–Crippen MR) is 86.2 cm³/mol. The van der Waals surface area contributed by atoms with Crippen LogP contribution in [0.3, 0.4) is 0 Å². The first-order valence-corrected chi connectivity index (χ1v) is 8.13. The number of hydrogen-bond donors (Lipinski definition) is 1. The van der Waals surface area contributed by atoms with Crippen molar-refractivity contribution >= 4 is 21.7 Å². The van der Waals surface area contributed by atoms with Gasteiger partial charge in [-0.3, -0.25) is 0 Å². The first-order chi connectivity index (χ1) is 9.60. The number of hydrogen-bond acceptors (Lipinski definition) is 4. The Kier molecular flexibility index (Phi) is 5.81. The quantitative estimate of drug-likeness (QED) is 0.893. The van der Waals surface area contributed by atoms with Crippen LogP contribution in [0.15, 0.2) is 16.7 Å². The van der Waals surface area contributed by atoms with Crippen molar-refractivity contribution in [2.45, 2.75) is 45.9 Å². The smallest absolute Gasteiger partial charge is 0.133 e. The molecule has 0 bridgehead atoms. The molecule has 1 N–H and O–H groups in total. The highest BCUT2D eigenvalue weighted by Crippen LogP contribution is 2.24. The summed E-state index contributed by atoms with van der Waals surface area (Å²) in [5.41, 5.74) is 1.24. The molecule has 4 nitrogen and oxygen atoms in total. The van der Waals surface area contributed by atoms with Crippen LogP contribution in [-0.2, 0) is 11.3 Å². The Balaban J connectivity index is 2.16. The highest BCUT2D eigenvalue weighted by molar-refractivity contribution is 9.10. The summed E-state index contributed by atoms with van der Waals surface area (Å²) >= 11 is 3.52. The molecule has 5 heteroatoms. The van der Waals surface area contributed by atoms with Crippen molar-refractivity contribution in [2.24, 2.45) is 0 Å². The van der Waals surface area contributed by atoms with Gasteiger partial charge in [0.1, 0.15) is 5.82 Å². The Labute approximate surface area is 130 Å². The molecule has 1 aromatic rings. The largest absolute Gasteiger partial charge is 0.375 e. The maximum atomic E-state index is 5.75. The van der Waals surface area contributed by atoms with Crippen LogP contribution in [0.1, 0.15) is 32.8 Å². The van der Waals surface area contributed by atoms with Gasteiger partial charge < -0.3 is 15.0 Å². The Hall–Kier alpha value is -0.650. The average Bonchev–Trinajstić information content (AvgIpc) is 2.45. The first kappa shape index (κ1) is 15.7. The van der Waals surface area contributed by atoms with Gasteiger partial charge in [-0.15, -0.1) is 0 Å². The molecule has 20 heavy (non-hydrogen) atoms. The lowest BCUT2D eigenvalue weighted by Crippen LogP contribution is -2.43. The van der Waals surface area contributed by atoms with Crippen LogP contribution in [0.25, 0.3) is 0 Å². The van der Waals surface area contributed by atoms with Gasteiger partial charge >= 0.3 is 0 Å². The van der Waals surface area contributed by atoms with E-state index in [4.69, 9.17) is 4.74 Å². The summed E-state index contributed by atoms with van der Waals surface area (Å²) in [4.78, 5) is 6.98. The van der Waals surface area contributed by atoms with Crippen LogP contribution >= 0.6 is 15.9 Å². The van der Waals surface area contributed by atoms with E-state index in [2.05, 4.69) is 58.0 Å². The molecule has 0 amide bonds. The van der Waals surface area contributed by atoms with E-state index in [1.54, 1.807) is 0 Å². The van der Waals surface area contributed by atoms with Crippen molar-refractivity contribution in [3.05, 3.63) is 22.3 Å². The summed E-state index contributed by atoms with van der Waals surface area (Å²) in [5, 5.41) is 3.47. The third kappa shape index (κ3) is 4.17. The monoisotopic (exact) mass is 341 g/mol. The van der Waals surface area contributed by atoms with E-state index in [0.29, 0.717) is 12.1 Å². The topological polar surface area (TPSA) is 37.4 Å². The van der Waals surface area contributed by atoms with Gasteiger partial charge in [-0.25, -0.2) is 4.98 Å². The fourth-order valence-corrected chi connectivity index (χ4v) is 2.74. The number of aromatic nitrogens is 1. The Morgan fingerprint density at radius 2 is 2.35 bits per heavy atom. The van der Waals surface area contributed by atoms with Gasteiger partial charge in [0.25, 0.3) is 0 Å². The molecule has 0 spiro atoms. The SMILES string of the molecule is CCC1CN(c2ncc(Br)cc2CNC(C)C)CCO1. The minimum absolute atomic E-state index is 0.320. The standard InChI is InChI=1S/C15H24BrN3O/c1-4-14-10-19(5-6-20-14)15-12(8-17-11(2)3)7-13(16)9-18-15/h7,9,11,14,17H,4-6,8,10H2,1-3H3. The van der Waals surface area contributed by atoms with E-state index in [1.165, 1.54) is 5.56 Å². The molecule has 0 radical (unpaired) electrons. The molecule has 2 heterocycles. The van der Waals surface area contributed by atoms with Gasteiger partial charge in [0.05, 0.1) is 12.7 Å². The van der Waals surface area contributed by atoms with Crippen molar-refractivity contribution in [1.82, 2.24) is 10.3 Å². The highest BCUT2D eigenvalue weighted by atomic mass is 79.9. The molecule has 1 aliphatic rings. The number of anilines is 1. The van der Waals surface area contributed by atoms with Crippen molar-refractivity contribution in [3.8, 4) is 0 Å². The maximum Gasteiger partial charge on any atom is 0.133 e. The maximum absolute atomic E-state index is 5.75. The highest BCUT2D eigenvalue weighted by Gasteiger charge is 2.22. The molecule has 1 atom stereocenters. The van der Waals surface area contributed by atoms with E-state index in [1.807, 2.05) is 6.20 Å². The van der Waals surface area contributed by atoms with Gasteiger partial charge in [0.2, 0.25) is 0 Å². The molecule has 1 fully saturated rings. The molecular weight excluding hydrogens is 318 g/mol. The van der Waals surface area contributed by atoms with E-state index in [9.17, 15) is 0 Å². The molecule has 0 aliphatic carbocycles. The normalized spacial score (nSPS) is 19.6.